The third-order valence-corrected chi connectivity index (χ3v) is 25.0. The number of hydrogen-bond acceptors (Lipinski definition) is 5. The summed E-state index contributed by atoms with van der Waals surface area (Å²) in [6.07, 6.45) is 1.09. The van der Waals surface area contributed by atoms with Gasteiger partial charge in [-0.15, -0.1) is 0 Å². The molecule has 0 aliphatic carbocycles. The van der Waals surface area contributed by atoms with Crippen molar-refractivity contribution in [2.24, 2.45) is 0 Å². The lowest BCUT2D eigenvalue weighted by atomic mass is 10.5. The standard InChI is InChI=1S/C21H51NO3SSi3/c1-11-27(12-2,13-3)22(28(14-4,15-5)16-6)20-21(7)26-18-17-19-29(23-8,24-9)25-10/h21H,11-20H2,1-10H3. The smallest absolute Gasteiger partial charge is 0.377 e. The first-order valence-electron chi connectivity index (χ1n) is 11.8. The van der Waals surface area contributed by atoms with Gasteiger partial charge in [-0.25, -0.2) is 0 Å². The molecule has 0 aliphatic rings. The Morgan fingerprint density at radius 1 is 0.724 bits per heavy atom. The van der Waals surface area contributed by atoms with Gasteiger partial charge in [0.1, 0.15) is 16.5 Å². The quantitative estimate of drug-likeness (QED) is 0.161. The van der Waals surface area contributed by atoms with Crippen molar-refractivity contribution >= 4 is 37.0 Å². The molecule has 0 aromatic heterocycles. The maximum Gasteiger partial charge on any atom is 0.500 e. The summed E-state index contributed by atoms with van der Waals surface area (Å²) >= 11 is 2.13. The van der Waals surface area contributed by atoms with E-state index in [2.05, 4.69) is 64.5 Å². The Morgan fingerprint density at radius 2 is 1.10 bits per heavy atom. The van der Waals surface area contributed by atoms with Crippen molar-refractivity contribution in [1.82, 2.24) is 4.23 Å². The lowest BCUT2D eigenvalue weighted by Gasteiger charge is -2.53. The van der Waals surface area contributed by atoms with E-state index in [-0.39, 0.29) is 0 Å². The van der Waals surface area contributed by atoms with E-state index in [4.69, 9.17) is 13.3 Å². The highest BCUT2D eigenvalue weighted by Crippen LogP contribution is 2.37. The molecule has 0 spiro atoms. The molecule has 0 amide bonds. The molecule has 176 valence electrons. The third-order valence-electron chi connectivity index (χ3n) is 7.50. The van der Waals surface area contributed by atoms with E-state index in [0.717, 1.165) is 18.2 Å². The van der Waals surface area contributed by atoms with Crippen molar-refractivity contribution < 1.29 is 13.3 Å². The summed E-state index contributed by atoms with van der Waals surface area (Å²) < 4.78 is 19.9. The molecule has 0 bridgehead atoms. The van der Waals surface area contributed by atoms with Crippen LogP contribution in [0.3, 0.4) is 0 Å². The first kappa shape index (κ1) is 29.8. The van der Waals surface area contributed by atoms with E-state index in [1.807, 2.05) is 0 Å². The van der Waals surface area contributed by atoms with Crippen LogP contribution in [0.15, 0.2) is 0 Å². The molecule has 4 nitrogen and oxygen atoms in total. The molecule has 0 rings (SSSR count). The summed E-state index contributed by atoms with van der Waals surface area (Å²) in [6, 6.07) is 9.29. The van der Waals surface area contributed by atoms with Crippen LogP contribution in [0.1, 0.15) is 54.9 Å². The predicted octanol–water partition coefficient (Wildman–Crippen LogP) is 6.69. The number of nitrogens with zero attached hydrogens (tertiary/aromatic N) is 1. The van der Waals surface area contributed by atoms with Crippen molar-refractivity contribution in [1.29, 1.82) is 0 Å². The average molecular weight is 482 g/mol. The number of thioether (sulfide) groups is 1. The van der Waals surface area contributed by atoms with E-state index >= 15 is 0 Å². The lowest BCUT2D eigenvalue weighted by Crippen LogP contribution is -2.67. The van der Waals surface area contributed by atoms with Gasteiger partial charge < -0.3 is 17.5 Å². The van der Waals surface area contributed by atoms with Crippen LogP contribution in [0.25, 0.3) is 0 Å². The molecule has 0 aromatic rings. The molecular formula is C21H51NO3SSi3. The van der Waals surface area contributed by atoms with Gasteiger partial charge in [-0.1, -0.05) is 48.5 Å². The SMILES string of the molecule is CC[Si](CC)(CC)N(CC(C)SCCC[Si](OC)(OC)OC)[Si](CC)(CC)CC. The van der Waals surface area contributed by atoms with Gasteiger partial charge in [0, 0.05) is 32.6 Å². The number of hydrogen-bond donors (Lipinski definition) is 0. The van der Waals surface area contributed by atoms with Crippen LogP contribution >= 0.6 is 11.8 Å². The highest BCUT2D eigenvalue weighted by Gasteiger charge is 2.46. The normalized spacial score (nSPS) is 14.6. The van der Waals surface area contributed by atoms with Crippen molar-refractivity contribution in [2.45, 2.75) is 102 Å². The monoisotopic (exact) mass is 481 g/mol. The third kappa shape index (κ3) is 7.73. The van der Waals surface area contributed by atoms with E-state index in [1.165, 1.54) is 42.8 Å². The zero-order valence-corrected chi connectivity index (χ0v) is 25.0. The first-order valence-corrected chi connectivity index (χ1v) is 19.9. The zero-order valence-electron chi connectivity index (χ0n) is 21.2. The maximum atomic E-state index is 5.57. The Kier molecular flexibility index (Phi) is 15.2. The fourth-order valence-electron chi connectivity index (χ4n) is 4.97. The molecule has 29 heavy (non-hydrogen) atoms. The second-order valence-electron chi connectivity index (χ2n) is 8.26. The second kappa shape index (κ2) is 14.8. The molecular weight excluding hydrogens is 431 g/mol. The van der Waals surface area contributed by atoms with Crippen LogP contribution < -0.4 is 0 Å². The second-order valence-corrected chi connectivity index (χ2v) is 23.6. The van der Waals surface area contributed by atoms with Crippen molar-refractivity contribution in [3.05, 3.63) is 0 Å². The van der Waals surface area contributed by atoms with Gasteiger partial charge >= 0.3 is 8.80 Å². The molecule has 0 saturated carbocycles. The van der Waals surface area contributed by atoms with E-state index in [0.29, 0.717) is 5.25 Å². The molecule has 0 aromatic carbocycles. The Morgan fingerprint density at radius 3 is 1.41 bits per heavy atom. The molecule has 1 atom stereocenters. The summed E-state index contributed by atoms with van der Waals surface area (Å²) in [6.45, 7) is 18.5. The van der Waals surface area contributed by atoms with Crippen LogP contribution in [0.4, 0.5) is 0 Å². The zero-order chi connectivity index (χ0) is 22.6. The minimum Gasteiger partial charge on any atom is -0.377 e. The fraction of sp³-hybridized carbons (Fsp3) is 1.00. The summed E-state index contributed by atoms with van der Waals surface area (Å²) in [5.74, 6) is 1.15. The average Bonchev–Trinajstić information content (AvgIpc) is 2.77. The Hall–Kier alpha value is 0.841. The highest BCUT2D eigenvalue weighted by atomic mass is 32.2. The van der Waals surface area contributed by atoms with E-state index in [9.17, 15) is 0 Å². The molecule has 0 aliphatic heterocycles. The molecule has 0 N–H and O–H groups in total. The van der Waals surface area contributed by atoms with Gasteiger partial charge in [0.15, 0.2) is 0 Å². The van der Waals surface area contributed by atoms with Gasteiger partial charge in [0.2, 0.25) is 0 Å². The Bertz CT molecular complexity index is 375. The van der Waals surface area contributed by atoms with Crippen LogP contribution in [0, 0.1) is 0 Å². The predicted molar refractivity (Wildman–Crippen MR) is 139 cm³/mol. The van der Waals surface area contributed by atoms with Gasteiger partial charge in [-0.2, -0.15) is 11.8 Å². The minimum absolute atomic E-state index is 0.673. The topological polar surface area (TPSA) is 30.9 Å². The van der Waals surface area contributed by atoms with Gasteiger partial charge in [0.25, 0.3) is 0 Å². The molecule has 0 saturated heterocycles. The molecule has 8 heteroatoms. The lowest BCUT2D eigenvalue weighted by molar-refractivity contribution is 0.123. The summed E-state index contributed by atoms with van der Waals surface area (Å²) in [7, 11) is -0.0440. The summed E-state index contributed by atoms with van der Waals surface area (Å²) in [5.41, 5.74) is 0. The summed E-state index contributed by atoms with van der Waals surface area (Å²) in [4.78, 5) is 0. The first-order chi connectivity index (χ1) is 13.8. The maximum absolute atomic E-state index is 5.57. The number of rotatable bonds is 18. The van der Waals surface area contributed by atoms with Crippen LogP contribution in [0.2, 0.25) is 42.3 Å². The summed E-state index contributed by atoms with van der Waals surface area (Å²) in [5, 5.41) is 0.673. The molecule has 0 heterocycles. The van der Waals surface area contributed by atoms with Crippen molar-refractivity contribution in [2.75, 3.05) is 33.6 Å². The molecule has 0 fully saturated rings. The van der Waals surface area contributed by atoms with Gasteiger partial charge in [-0.3, -0.25) is 0 Å². The van der Waals surface area contributed by atoms with Crippen molar-refractivity contribution in [3.63, 3.8) is 0 Å². The van der Waals surface area contributed by atoms with E-state index in [1.54, 1.807) is 21.3 Å². The molecule has 1 unspecified atom stereocenters. The largest absolute Gasteiger partial charge is 0.500 e. The van der Waals surface area contributed by atoms with E-state index < -0.39 is 25.3 Å². The van der Waals surface area contributed by atoms with Crippen molar-refractivity contribution in [3.8, 4) is 0 Å². The fourth-order valence-corrected chi connectivity index (χ4v) is 21.7. The van der Waals surface area contributed by atoms with Gasteiger partial charge in [-0.05, 0) is 55.0 Å². The van der Waals surface area contributed by atoms with Crippen LogP contribution in [-0.4, -0.2) is 68.4 Å². The van der Waals surface area contributed by atoms with Crippen LogP contribution in [-0.2, 0) is 13.3 Å². The Balaban J connectivity index is 5.21. The van der Waals surface area contributed by atoms with Crippen LogP contribution in [0.5, 0.6) is 0 Å². The molecule has 0 radical (unpaired) electrons. The van der Waals surface area contributed by atoms with Gasteiger partial charge in [0.05, 0.1) is 0 Å². The Labute approximate surface area is 190 Å². The minimum atomic E-state index is -2.43. The highest BCUT2D eigenvalue weighted by molar-refractivity contribution is 7.99.